The van der Waals surface area contributed by atoms with Crippen molar-refractivity contribution < 1.29 is 4.79 Å². The summed E-state index contributed by atoms with van der Waals surface area (Å²) in [5.74, 6) is 1.11. The van der Waals surface area contributed by atoms with Crippen LogP contribution in [-0.4, -0.2) is 62.6 Å². The first-order valence-corrected chi connectivity index (χ1v) is 10.0. The molecule has 3 heterocycles. The van der Waals surface area contributed by atoms with E-state index in [4.69, 9.17) is 0 Å². The number of amides is 1. The Balaban J connectivity index is 0.00000218. The van der Waals surface area contributed by atoms with Crippen molar-refractivity contribution in [3.05, 3.63) is 71.5 Å². The molecule has 0 spiro atoms. The van der Waals surface area contributed by atoms with Gasteiger partial charge in [0.25, 0.3) is 5.91 Å². The summed E-state index contributed by atoms with van der Waals surface area (Å²) in [5, 5.41) is 11.2. The molecule has 3 aromatic rings. The van der Waals surface area contributed by atoms with E-state index in [0.717, 1.165) is 25.3 Å². The summed E-state index contributed by atoms with van der Waals surface area (Å²) in [6, 6.07) is 16.5. The minimum atomic E-state index is 0. The third kappa shape index (κ3) is 3.48. The monoisotopic (exact) mass is 424 g/mol. The first-order chi connectivity index (χ1) is 14.1. The van der Waals surface area contributed by atoms with E-state index in [1.165, 1.54) is 11.1 Å². The van der Waals surface area contributed by atoms with Crippen LogP contribution in [0.25, 0.3) is 5.69 Å². The van der Waals surface area contributed by atoms with Crippen molar-refractivity contribution in [2.45, 2.75) is 13.0 Å². The zero-order chi connectivity index (χ0) is 20.0. The van der Waals surface area contributed by atoms with Gasteiger partial charge in [-0.3, -0.25) is 9.69 Å². The zero-order valence-electron chi connectivity index (χ0n) is 17.0. The molecule has 0 saturated carbocycles. The van der Waals surface area contributed by atoms with Crippen molar-refractivity contribution in [1.29, 1.82) is 0 Å². The Morgan fingerprint density at radius 2 is 1.80 bits per heavy atom. The van der Waals surface area contributed by atoms with Crippen LogP contribution in [0.1, 0.15) is 27.5 Å². The number of carbonyl (C=O) groups is 1. The molecule has 0 radical (unpaired) electrons. The molecule has 0 aliphatic carbocycles. The Labute approximate surface area is 182 Å². The molecule has 1 aromatic heterocycles. The fourth-order valence-electron chi connectivity index (χ4n) is 5.03. The summed E-state index contributed by atoms with van der Waals surface area (Å²) < 4.78 is 1.58. The van der Waals surface area contributed by atoms with Gasteiger partial charge in [-0.2, -0.15) is 0 Å². The summed E-state index contributed by atoms with van der Waals surface area (Å²) >= 11 is 0. The van der Waals surface area contributed by atoms with Crippen LogP contribution < -0.4 is 0 Å². The molecule has 0 N–H and O–H groups in total. The number of halogens is 1. The highest BCUT2D eigenvalue weighted by atomic mass is 35.5. The van der Waals surface area contributed by atoms with Crippen LogP contribution >= 0.6 is 12.4 Å². The zero-order valence-corrected chi connectivity index (χ0v) is 17.9. The van der Waals surface area contributed by atoms with E-state index in [2.05, 4.69) is 58.7 Å². The molecule has 8 heteroatoms. The number of aromatic nitrogens is 4. The second-order valence-corrected chi connectivity index (χ2v) is 8.18. The summed E-state index contributed by atoms with van der Waals surface area (Å²) in [6.45, 7) is 4.85. The van der Waals surface area contributed by atoms with Gasteiger partial charge < -0.3 is 4.90 Å². The van der Waals surface area contributed by atoms with Gasteiger partial charge in [-0.15, -0.1) is 17.5 Å². The standard InChI is InChI=1S/C22H24N6O.ClH/c1-15-5-3-4-6-19(15)21-20-13-27(12-17(20)11-26(21)2)22(29)16-7-9-18(10-8-16)28-14-23-24-25-28;/h3-10,14,17,20-21H,11-13H2,1-2H3;1H/t17-,20+,21+;/m0./s1. The summed E-state index contributed by atoms with van der Waals surface area (Å²) in [7, 11) is 2.21. The van der Waals surface area contributed by atoms with Gasteiger partial charge in [-0.25, -0.2) is 4.68 Å². The van der Waals surface area contributed by atoms with Crippen LogP contribution in [0.15, 0.2) is 54.9 Å². The molecule has 0 bridgehead atoms. The lowest BCUT2D eigenvalue weighted by Gasteiger charge is -2.28. The van der Waals surface area contributed by atoms with Crippen LogP contribution in [0.3, 0.4) is 0 Å². The predicted octanol–water partition coefficient (Wildman–Crippen LogP) is 2.77. The van der Waals surface area contributed by atoms with E-state index >= 15 is 0 Å². The summed E-state index contributed by atoms with van der Waals surface area (Å²) in [4.78, 5) is 17.6. The van der Waals surface area contributed by atoms with Crippen molar-refractivity contribution in [3.63, 3.8) is 0 Å². The molecule has 1 amide bonds. The number of tetrazole rings is 1. The van der Waals surface area contributed by atoms with Crippen molar-refractivity contribution in [1.82, 2.24) is 30.0 Å². The Kier molecular flexibility index (Phi) is 5.58. The van der Waals surface area contributed by atoms with Crippen molar-refractivity contribution in [2.24, 2.45) is 11.8 Å². The molecule has 2 aliphatic rings. The van der Waals surface area contributed by atoms with E-state index in [-0.39, 0.29) is 18.3 Å². The molecule has 3 atom stereocenters. The van der Waals surface area contributed by atoms with Gasteiger partial charge in [-0.05, 0) is 65.7 Å². The van der Waals surface area contributed by atoms with Crippen molar-refractivity contribution >= 4 is 18.3 Å². The predicted molar refractivity (Wildman–Crippen MR) is 116 cm³/mol. The van der Waals surface area contributed by atoms with E-state index in [9.17, 15) is 4.79 Å². The number of hydrogen-bond acceptors (Lipinski definition) is 5. The Morgan fingerprint density at radius 3 is 2.50 bits per heavy atom. The molecule has 2 saturated heterocycles. The third-order valence-electron chi connectivity index (χ3n) is 6.42. The second kappa shape index (κ2) is 8.16. The summed E-state index contributed by atoms with van der Waals surface area (Å²) in [5.41, 5.74) is 4.27. The van der Waals surface area contributed by atoms with Crippen LogP contribution in [0.2, 0.25) is 0 Å². The molecule has 30 heavy (non-hydrogen) atoms. The van der Waals surface area contributed by atoms with Crippen molar-refractivity contribution in [3.8, 4) is 5.69 Å². The van der Waals surface area contributed by atoms with Gasteiger partial charge in [0.1, 0.15) is 6.33 Å². The Bertz CT molecular complexity index is 1020. The number of hydrogen-bond donors (Lipinski definition) is 0. The van der Waals surface area contributed by atoms with Gasteiger partial charge >= 0.3 is 0 Å². The highest BCUT2D eigenvalue weighted by molar-refractivity contribution is 5.94. The Morgan fingerprint density at radius 1 is 1.03 bits per heavy atom. The maximum absolute atomic E-state index is 13.1. The highest BCUT2D eigenvalue weighted by Gasteiger charge is 2.47. The Hall–Kier alpha value is -2.77. The second-order valence-electron chi connectivity index (χ2n) is 8.18. The largest absolute Gasteiger partial charge is 0.338 e. The van der Waals surface area contributed by atoms with E-state index in [0.29, 0.717) is 23.4 Å². The lowest BCUT2D eigenvalue weighted by Crippen LogP contribution is -2.33. The van der Waals surface area contributed by atoms with Gasteiger partial charge in [0.2, 0.25) is 0 Å². The number of rotatable bonds is 3. The first-order valence-electron chi connectivity index (χ1n) is 10.0. The van der Waals surface area contributed by atoms with Crippen LogP contribution in [0.5, 0.6) is 0 Å². The number of benzene rings is 2. The minimum absolute atomic E-state index is 0. The molecule has 156 valence electrons. The molecule has 2 aliphatic heterocycles. The summed E-state index contributed by atoms with van der Waals surface area (Å²) in [6.07, 6.45) is 1.54. The molecular formula is C22H25ClN6O. The van der Waals surface area contributed by atoms with Gasteiger partial charge in [0, 0.05) is 37.2 Å². The average Bonchev–Trinajstić information content (AvgIpc) is 3.45. The molecule has 7 nitrogen and oxygen atoms in total. The minimum Gasteiger partial charge on any atom is -0.338 e. The van der Waals surface area contributed by atoms with E-state index in [1.807, 2.05) is 29.2 Å². The lowest BCUT2D eigenvalue weighted by atomic mass is 9.88. The van der Waals surface area contributed by atoms with Crippen LogP contribution in [-0.2, 0) is 0 Å². The van der Waals surface area contributed by atoms with Gasteiger partial charge in [0.05, 0.1) is 5.69 Å². The van der Waals surface area contributed by atoms with Crippen LogP contribution in [0, 0.1) is 18.8 Å². The lowest BCUT2D eigenvalue weighted by molar-refractivity contribution is 0.0768. The smallest absolute Gasteiger partial charge is 0.253 e. The molecule has 0 unspecified atom stereocenters. The fraction of sp³-hybridized carbons (Fsp3) is 0.364. The van der Waals surface area contributed by atoms with Crippen molar-refractivity contribution in [2.75, 3.05) is 26.7 Å². The van der Waals surface area contributed by atoms with Crippen LogP contribution in [0.4, 0.5) is 0 Å². The first kappa shape index (κ1) is 20.5. The molecular weight excluding hydrogens is 400 g/mol. The maximum Gasteiger partial charge on any atom is 0.253 e. The SMILES string of the molecule is Cc1ccccc1[C@@H]1[C@@H]2CN(C(=O)c3ccc(-n4cnnn4)cc3)C[C@@H]2CN1C.Cl. The normalized spacial score (nSPS) is 23.3. The van der Waals surface area contributed by atoms with E-state index < -0.39 is 0 Å². The maximum atomic E-state index is 13.1. The van der Waals surface area contributed by atoms with Gasteiger partial charge in [-0.1, -0.05) is 24.3 Å². The molecule has 2 fully saturated rings. The van der Waals surface area contributed by atoms with E-state index in [1.54, 1.807) is 11.0 Å². The van der Waals surface area contributed by atoms with Gasteiger partial charge in [0.15, 0.2) is 0 Å². The average molecular weight is 425 g/mol. The number of aryl methyl sites for hydroxylation is 1. The molecule has 5 rings (SSSR count). The highest BCUT2D eigenvalue weighted by Crippen LogP contribution is 2.45. The number of carbonyl (C=O) groups excluding carboxylic acids is 1. The fourth-order valence-corrected chi connectivity index (χ4v) is 5.03. The quantitative estimate of drug-likeness (QED) is 0.646. The number of likely N-dealkylation sites (tertiary alicyclic amines) is 2. The molecule has 2 aromatic carbocycles. The number of fused-ring (bicyclic) bond motifs is 1. The number of nitrogens with zero attached hydrogens (tertiary/aromatic N) is 6. The topological polar surface area (TPSA) is 67.2 Å². The third-order valence-corrected chi connectivity index (χ3v) is 6.42.